The third-order valence-electron chi connectivity index (χ3n) is 4.80. The maximum absolute atomic E-state index is 3.72. The SMILES string of the molecule is CN(C)C(CC1CCCCN1)C1CCCCC1. The van der Waals surface area contributed by atoms with Crippen LogP contribution in [0.25, 0.3) is 0 Å². The maximum atomic E-state index is 3.72. The van der Waals surface area contributed by atoms with Crippen molar-refractivity contribution >= 4 is 0 Å². The van der Waals surface area contributed by atoms with Gasteiger partial charge in [0.1, 0.15) is 0 Å². The topological polar surface area (TPSA) is 15.3 Å². The van der Waals surface area contributed by atoms with E-state index in [1.807, 2.05) is 0 Å². The molecule has 1 heterocycles. The van der Waals surface area contributed by atoms with Gasteiger partial charge in [-0.25, -0.2) is 0 Å². The molecule has 0 aromatic carbocycles. The molecule has 0 spiro atoms. The zero-order chi connectivity index (χ0) is 12.1. The molecule has 0 bridgehead atoms. The molecule has 1 aliphatic carbocycles. The maximum Gasteiger partial charge on any atom is 0.0132 e. The van der Waals surface area contributed by atoms with Gasteiger partial charge in [0.25, 0.3) is 0 Å². The lowest BCUT2D eigenvalue weighted by atomic mass is 9.80. The molecule has 1 saturated heterocycles. The molecule has 0 aromatic rings. The van der Waals surface area contributed by atoms with Crippen LogP contribution in [0, 0.1) is 5.92 Å². The van der Waals surface area contributed by atoms with E-state index in [1.54, 1.807) is 0 Å². The average Bonchev–Trinajstić information content (AvgIpc) is 2.38. The Labute approximate surface area is 107 Å². The van der Waals surface area contributed by atoms with Gasteiger partial charge in [-0.05, 0) is 58.7 Å². The number of nitrogens with one attached hydrogen (secondary N) is 1. The fourth-order valence-corrected chi connectivity index (χ4v) is 3.76. The Morgan fingerprint density at radius 2 is 1.71 bits per heavy atom. The predicted octanol–water partition coefficient (Wildman–Crippen LogP) is 3.03. The van der Waals surface area contributed by atoms with Gasteiger partial charge < -0.3 is 10.2 Å². The highest BCUT2D eigenvalue weighted by atomic mass is 15.1. The molecule has 0 amide bonds. The Hall–Kier alpha value is -0.0800. The van der Waals surface area contributed by atoms with Crippen molar-refractivity contribution in [2.45, 2.75) is 69.9 Å². The van der Waals surface area contributed by atoms with Crippen LogP contribution in [-0.2, 0) is 0 Å². The summed E-state index contributed by atoms with van der Waals surface area (Å²) in [5.74, 6) is 0.961. The van der Waals surface area contributed by atoms with Crippen LogP contribution >= 0.6 is 0 Å². The Bertz CT molecular complexity index is 203. The van der Waals surface area contributed by atoms with Crippen molar-refractivity contribution < 1.29 is 0 Å². The number of rotatable bonds is 4. The van der Waals surface area contributed by atoms with Crippen LogP contribution in [0.2, 0.25) is 0 Å². The van der Waals surface area contributed by atoms with Crippen molar-refractivity contribution in [1.82, 2.24) is 10.2 Å². The van der Waals surface area contributed by atoms with Crippen LogP contribution in [-0.4, -0.2) is 37.6 Å². The first-order valence-corrected chi connectivity index (χ1v) is 7.67. The van der Waals surface area contributed by atoms with Gasteiger partial charge in [0.15, 0.2) is 0 Å². The molecular weight excluding hydrogens is 208 g/mol. The molecule has 0 aromatic heterocycles. The molecule has 2 atom stereocenters. The summed E-state index contributed by atoms with van der Waals surface area (Å²) >= 11 is 0. The molecule has 1 N–H and O–H groups in total. The lowest BCUT2D eigenvalue weighted by Gasteiger charge is -2.38. The van der Waals surface area contributed by atoms with Gasteiger partial charge in [-0.2, -0.15) is 0 Å². The zero-order valence-electron chi connectivity index (χ0n) is 11.8. The Balaban J connectivity index is 1.86. The van der Waals surface area contributed by atoms with E-state index in [2.05, 4.69) is 24.3 Å². The van der Waals surface area contributed by atoms with Gasteiger partial charge in [0.2, 0.25) is 0 Å². The molecule has 2 rings (SSSR count). The summed E-state index contributed by atoms with van der Waals surface area (Å²) in [4.78, 5) is 2.49. The molecule has 2 fully saturated rings. The van der Waals surface area contributed by atoms with Gasteiger partial charge in [-0.1, -0.05) is 25.7 Å². The average molecular weight is 238 g/mol. The smallest absolute Gasteiger partial charge is 0.0132 e. The van der Waals surface area contributed by atoms with Gasteiger partial charge in [-0.15, -0.1) is 0 Å². The first-order chi connectivity index (χ1) is 8.27. The van der Waals surface area contributed by atoms with E-state index < -0.39 is 0 Å². The number of piperidine rings is 1. The minimum absolute atomic E-state index is 0.790. The minimum Gasteiger partial charge on any atom is -0.314 e. The summed E-state index contributed by atoms with van der Waals surface area (Å²) in [5, 5.41) is 3.72. The Morgan fingerprint density at radius 1 is 1.00 bits per heavy atom. The van der Waals surface area contributed by atoms with Crippen molar-refractivity contribution in [2.75, 3.05) is 20.6 Å². The highest BCUT2D eigenvalue weighted by Crippen LogP contribution is 2.31. The lowest BCUT2D eigenvalue weighted by molar-refractivity contribution is 0.142. The van der Waals surface area contributed by atoms with Crippen LogP contribution in [0.15, 0.2) is 0 Å². The van der Waals surface area contributed by atoms with Crippen LogP contribution in [0.4, 0.5) is 0 Å². The fraction of sp³-hybridized carbons (Fsp3) is 1.00. The molecule has 1 saturated carbocycles. The Morgan fingerprint density at radius 3 is 2.29 bits per heavy atom. The summed E-state index contributed by atoms with van der Waals surface area (Å²) in [6, 6.07) is 1.60. The summed E-state index contributed by atoms with van der Waals surface area (Å²) in [5.41, 5.74) is 0. The van der Waals surface area contributed by atoms with Gasteiger partial charge in [0, 0.05) is 12.1 Å². The molecule has 2 aliphatic rings. The predicted molar refractivity (Wildman–Crippen MR) is 74.3 cm³/mol. The third-order valence-corrected chi connectivity index (χ3v) is 4.80. The van der Waals surface area contributed by atoms with Gasteiger partial charge in [0.05, 0.1) is 0 Å². The normalized spacial score (nSPS) is 29.5. The van der Waals surface area contributed by atoms with Crippen molar-refractivity contribution in [3.8, 4) is 0 Å². The van der Waals surface area contributed by atoms with Crippen molar-refractivity contribution in [3.05, 3.63) is 0 Å². The number of hydrogen-bond donors (Lipinski definition) is 1. The summed E-state index contributed by atoms with van der Waals surface area (Å²) < 4.78 is 0. The third kappa shape index (κ3) is 3.96. The largest absolute Gasteiger partial charge is 0.314 e. The highest BCUT2D eigenvalue weighted by molar-refractivity contribution is 4.85. The highest BCUT2D eigenvalue weighted by Gasteiger charge is 2.28. The van der Waals surface area contributed by atoms with E-state index in [0.717, 1.165) is 18.0 Å². The van der Waals surface area contributed by atoms with E-state index in [-0.39, 0.29) is 0 Å². The Kier molecular flexibility index (Phi) is 5.30. The fourth-order valence-electron chi connectivity index (χ4n) is 3.76. The summed E-state index contributed by atoms with van der Waals surface area (Å²) in [7, 11) is 4.56. The quantitative estimate of drug-likeness (QED) is 0.810. The minimum atomic E-state index is 0.790. The lowest BCUT2D eigenvalue weighted by Crippen LogP contribution is -2.44. The standard InChI is InChI=1S/C15H30N2/c1-17(2)15(13-8-4-3-5-9-13)12-14-10-6-7-11-16-14/h13-16H,3-12H2,1-2H3. The van der Waals surface area contributed by atoms with Crippen molar-refractivity contribution in [3.63, 3.8) is 0 Å². The van der Waals surface area contributed by atoms with E-state index in [0.29, 0.717) is 0 Å². The summed E-state index contributed by atoms with van der Waals surface area (Å²) in [6.45, 7) is 1.25. The zero-order valence-corrected chi connectivity index (χ0v) is 11.8. The molecule has 2 nitrogen and oxygen atoms in total. The molecular formula is C15H30N2. The van der Waals surface area contributed by atoms with Crippen molar-refractivity contribution in [2.24, 2.45) is 5.92 Å². The van der Waals surface area contributed by atoms with E-state index >= 15 is 0 Å². The van der Waals surface area contributed by atoms with Gasteiger partial charge >= 0.3 is 0 Å². The van der Waals surface area contributed by atoms with Crippen LogP contribution < -0.4 is 5.32 Å². The first kappa shape index (κ1) is 13.4. The molecule has 0 radical (unpaired) electrons. The van der Waals surface area contributed by atoms with E-state index in [9.17, 15) is 0 Å². The second-order valence-corrected chi connectivity index (χ2v) is 6.31. The van der Waals surface area contributed by atoms with Crippen LogP contribution in [0.1, 0.15) is 57.8 Å². The second kappa shape index (κ2) is 6.75. The molecule has 1 aliphatic heterocycles. The van der Waals surface area contributed by atoms with E-state index in [4.69, 9.17) is 0 Å². The summed E-state index contributed by atoms with van der Waals surface area (Å²) in [6.07, 6.45) is 12.9. The second-order valence-electron chi connectivity index (χ2n) is 6.31. The molecule has 2 unspecified atom stereocenters. The number of nitrogens with zero attached hydrogens (tertiary/aromatic N) is 1. The first-order valence-electron chi connectivity index (χ1n) is 7.67. The number of hydrogen-bond acceptors (Lipinski definition) is 2. The molecule has 100 valence electrons. The van der Waals surface area contributed by atoms with Gasteiger partial charge in [-0.3, -0.25) is 0 Å². The molecule has 17 heavy (non-hydrogen) atoms. The van der Waals surface area contributed by atoms with Crippen LogP contribution in [0.3, 0.4) is 0 Å². The van der Waals surface area contributed by atoms with Crippen molar-refractivity contribution in [1.29, 1.82) is 0 Å². The molecule has 2 heteroatoms. The van der Waals surface area contributed by atoms with Crippen LogP contribution in [0.5, 0.6) is 0 Å². The van der Waals surface area contributed by atoms with E-state index in [1.165, 1.54) is 64.3 Å². The monoisotopic (exact) mass is 238 g/mol.